The second-order valence-electron chi connectivity index (χ2n) is 2.99. The van der Waals surface area contributed by atoms with Crippen molar-refractivity contribution in [1.29, 1.82) is 0 Å². The van der Waals surface area contributed by atoms with Gasteiger partial charge in [0.25, 0.3) is 0 Å². The Hall–Kier alpha value is -0.450. The van der Waals surface area contributed by atoms with E-state index in [1.54, 1.807) is 6.20 Å². The molecule has 0 unspecified atom stereocenters. The smallest absolute Gasteiger partial charge is 0.209 e. The monoisotopic (exact) mass is 239 g/mol. The van der Waals surface area contributed by atoms with E-state index in [1.807, 2.05) is 6.07 Å². The third-order valence-electron chi connectivity index (χ3n) is 2.06. The normalized spacial score (nSPS) is 16.6. The average Bonchev–Trinajstić information content (AvgIpc) is 2.59. The summed E-state index contributed by atoms with van der Waals surface area (Å²) in [6.07, 6.45) is 4.22. The summed E-state index contributed by atoms with van der Waals surface area (Å²) < 4.78 is 5.64. The van der Waals surface area contributed by atoms with Crippen LogP contribution in [0.2, 0.25) is 0 Å². The van der Waals surface area contributed by atoms with Gasteiger partial charge in [-0.15, -0.1) is 24.8 Å². The molecule has 0 amide bonds. The fourth-order valence-corrected chi connectivity index (χ4v) is 1.40. The first-order valence-corrected chi connectivity index (χ1v) is 4.32. The van der Waals surface area contributed by atoms with Crippen LogP contribution >= 0.6 is 24.8 Å². The molecule has 1 aliphatic rings. The van der Waals surface area contributed by atoms with Gasteiger partial charge in [0.1, 0.15) is 6.10 Å². The highest BCUT2D eigenvalue weighted by Gasteiger charge is 2.14. The Morgan fingerprint density at radius 1 is 1.29 bits per heavy atom. The topological polar surface area (TPSA) is 49.9 Å². The van der Waals surface area contributed by atoms with Crippen LogP contribution in [0.5, 0.6) is 5.88 Å². The molecule has 0 saturated carbocycles. The molecule has 1 saturated heterocycles. The van der Waals surface area contributed by atoms with Gasteiger partial charge in [-0.25, -0.2) is 5.10 Å². The molecular formula is C8H15Cl2N3O. The molecule has 0 atom stereocenters. The molecule has 0 bridgehead atoms. The number of piperidine rings is 1. The van der Waals surface area contributed by atoms with Gasteiger partial charge < -0.3 is 10.1 Å². The molecule has 1 aliphatic heterocycles. The van der Waals surface area contributed by atoms with Crippen LogP contribution in [0.15, 0.2) is 12.3 Å². The van der Waals surface area contributed by atoms with E-state index in [1.165, 1.54) is 0 Å². The summed E-state index contributed by atoms with van der Waals surface area (Å²) in [5, 5.41) is 9.90. The highest BCUT2D eigenvalue weighted by molar-refractivity contribution is 5.85. The Bertz CT molecular complexity index is 225. The number of halogens is 2. The molecule has 14 heavy (non-hydrogen) atoms. The number of nitrogens with one attached hydrogen (secondary N) is 2. The first kappa shape index (κ1) is 13.5. The molecule has 0 spiro atoms. The van der Waals surface area contributed by atoms with Crippen molar-refractivity contribution in [3.63, 3.8) is 0 Å². The molecule has 0 aromatic carbocycles. The number of hydrogen-bond donors (Lipinski definition) is 2. The van der Waals surface area contributed by atoms with Crippen LogP contribution in [0.1, 0.15) is 12.8 Å². The van der Waals surface area contributed by atoms with E-state index in [0.29, 0.717) is 6.10 Å². The van der Waals surface area contributed by atoms with Gasteiger partial charge in [0.2, 0.25) is 5.88 Å². The van der Waals surface area contributed by atoms with Crippen molar-refractivity contribution in [2.45, 2.75) is 18.9 Å². The third kappa shape index (κ3) is 3.74. The second-order valence-corrected chi connectivity index (χ2v) is 2.99. The van der Waals surface area contributed by atoms with E-state index in [0.717, 1.165) is 31.8 Å². The molecule has 1 aromatic rings. The predicted molar refractivity (Wildman–Crippen MR) is 59.6 cm³/mol. The maximum atomic E-state index is 5.64. The van der Waals surface area contributed by atoms with Crippen molar-refractivity contribution in [2.24, 2.45) is 0 Å². The van der Waals surface area contributed by atoms with Gasteiger partial charge in [0.05, 0.1) is 6.20 Å². The summed E-state index contributed by atoms with van der Waals surface area (Å²) >= 11 is 0. The molecule has 2 N–H and O–H groups in total. The van der Waals surface area contributed by atoms with Crippen LogP contribution in [-0.4, -0.2) is 29.4 Å². The lowest BCUT2D eigenvalue weighted by Crippen LogP contribution is -2.34. The lowest BCUT2D eigenvalue weighted by Gasteiger charge is -2.22. The predicted octanol–water partition coefficient (Wildman–Crippen LogP) is 1.38. The van der Waals surface area contributed by atoms with Gasteiger partial charge in [-0.1, -0.05) is 0 Å². The first-order valence-electron chi connectivity index (χ1n) is 4.32. The zero-order valence-electron chi connectivity index (χ0n) is 7.73. The minimum Gasteiger partial charge on any atom is -0.475 e. The zero-order chi connectivity index (χ0) is 8.23. The van der Waals surface area contributed by atoms with Crippen molar-refractivity contribution < 1.29 is 4.74 Å². The van der Waals surface area contributed by atoms with Crippen LogP contribution in [0, 0.1) is 0 Å². The zero-order valence-corrected chi connectivity index (χ0v) is 9.37. The quantitative estimate of drug-likeness (QED) is 0.821. The van der Waals surface area contributed by atoms with Crippen molar-refractivity contribution in [3.8, 4) is 5.88 Å². The summed E-state index contributed by atoms with van der Waals surface area (Å²) in [4.78, 5) is 0. The Labute approximate surface area is 95.6 Å². The van der Waals surface area contributed by atoms with Gasteiger partial charge in [-0.05, 0) is 25.9 Å². The van der Waals surface area contributed by atoms with Gasteiger partial charge in [-0.2, -0.15) is 5.10 Å². The number of hydrogen-bond acceptors (Lipinski definition) is 3. The van der Waals surface area contributed by atoms with Crippen molar-refractivity contribution in [3.05, 3.63) is 12.3 Å². The summed E-state index contributed by atoms with van der Waals surface area (Å²) in [7, 11) is 0. The standard InChI is InChI=1S/C8H13N3O.2ClH/c1-4-9-5-2-7(1)12-8-3-6-10-11-8;;/h3,6-7,9H,1-2,4-5H2,(H,10,11);2*1H. The molecule has 2 rings (SSSR count). The van der Waals surface area contributed by atoms with Crippen molar-refractivity contribution >= 4 is 24.8 Å². The number of nitrogens with zero attached hydrogens (tertiary/aromatic N) is 1. The number of rotatable bonds is 2. The maximum Gasteiger partial charge on any atom is 0.209 e. The van der Waals surface area contributed by atoms with E-state index in [4.69, 9.17) is 4.74 Å². The fourth-order valence-electron chi connectivity index (χ4n) is 1.40. The SMILES string of the molecule is Cl.Cl.c1cc(OC2CCNCC2)[nH]n1. The van der Waals surface area contributed by atoms with Gasteiger partial charge in [0.15, 0.2) is 0 Å². The molecule has 82 valence electrons. The lowest BCUT2D eigenvalue weighted by molar-refractivity contribution is 0.156. The van der Waals surface area contributed by atoms with Gasteiger partial charge in [0, 0.05) is 6.07 Å². The van der Waals surface area contributed by atoms with Crippen LogP contribution in [0.25, 0.3) is 0 Å². The first-order chi connectivity index (χ1) is 5.95. The van der Waals surface area contributed by atoms with Crippen LogP contribution in [0.3, 0.4) is 0 Å². The van der Waals surface area contributed by atoms with Crippen molar-refractivity contribution in [1.82, 2.24) is 15.5 Å². The molecule has 1 aromatic heterocycles. The Kier molecular flexibility index (Phi) is 6.70. The minimum atomic E-state index is 0. The van der Waals surface area contributed by atoms with Crippen LogP contribution < -0.4 is 10.1 Å². The molecule has 2 heterocycles. The summed E-state index contributed by atoms with van der Waals surface area (Å²) in [5.74, 6) is 0.780. The number of ether oxygens (including phenoxy) is 1. The molecule has 0 aliphatic carbocycles. The number of aromatic amines is 1. The van der Waals surface area contributed by atoms with E-state index in [2.05, 4.69) is 15.5 Å². The lowest BCUT2D eigenvalue weighted by atomic mass is 10.1. The maximum absolute atomic E-state index is 5.64. The second kappa shape index (κ2) is 6.92. The Morgan fingerprint density at radius 3 is 2.57 bits per heavy atom. The molecular weight excluding hydrogens is 225 g/mol. The van der Waals surface area contributed by atoms with Crippen molar-refractivity contribution in [2.75, 3.05) is 13.1 Å². The molecule has 6 heteroatoms. The van der Waals surface area contributed by atoms with E-state index >= 15 is 0 Å². The molecule has 4 nitrogen and oxygen atoms in total. The van der Waals surface area contributed by atoms with E-state index in [-0.39, 0.29) is 24.8 Å². The minimum absolute atomic E-state index is 0. The summed E-state index contributed by atoms with van der Waals surface area (Å²) in [6, 6.07) is 1.85. The van der Waals surface area contributed by atoms with E-state index in [9.17, 15) is 0 Å². The largest absolute Gasteiger partial charge is 0.475 e. The molecule has 1 fully saturated rings. The highest BCUT2D eigenvalue weighted by atomic mass is 35.5. The fraction of sp³-hybridized carbons (Fsp3) is 0.625. The Morgan fingerprint density at radius 2 is 2.00 bits per heavy atom. The van der Waals surface area contributed by atoms with Gasteiger partial charge in [-0.3, -0.25) is 0 Å². The summed E-state index contributed by atoms with van der Waals surface area (Å²) in [5.41, 5.74) is 0. The third-order valence-corrected chi connectivity index (χ3v) is 2.06. The van der Waals surface area contributed by atoms with Crippen LogP contribution in [0.4, 0.5) is 0 Å². The highest BCUT2D eigenvalue weighted by Crippen LogP contribution is 2.12. The average molecular weight is 240 g/mol. The Balaban J connectivity index is 0.000000845. The summed E-state index contributed by atoms with van der Waals surface area (Å²) in [6.45, 7) is 2.11. The molecule has 0 radical (unpaired) electrons. The van der Waals surface area contributed by atoms with Gasteiger partial charge >= 0.3 is 0 Å². The number of H-pyrrole nitrogens is 1. The van der Waals surface area contributed by atoms with Crippen LogP contribution in [-0.2, 0) is 0 Å². The number of aromatic nitrogens is 2. The van der Waals surface area contributed by atoms with E-state index < -0.39 is 0 Å².